The Kier molecular flexibility index (Phi) is 5.26. The van der Waals surface area contributed by atoms with Crippen LogP contribution in [0.3, 0.4) is 0 Å². The first kappa shape index (κ1) is 14.1. The quantitative estimate of drug-likeness (QED) is 0.713. The maximum Gasteiger partial charge on any atom is 0.354 e. The first-order valence-electron chi connectivity index (χ1n) is 5.61. The molecule has 0 spiro atoms. The van der Waals surface area contributed by atoms with Gasteiger partial charge in [0.15, 0.2) is 0 Å². The highest BCUT2D eigenvalue weighted by molar-refractivity contribution is 5.85. The van der Waals surface area contributed by atoms with Gasteiger partial charge in [-0.25, -0.2) is 9.78 Å². The molecule has 2 N–H and O–H groups in total. The fraction of sp³-hybridized carbons (Fsp3) is 0.417. The van der Waals surface area contributed by atoms with Gasteiger partial charge in [0.05, 0.1) is 5.69 Å². The molecule has 0 fully saturated rings. The third kappa shape index (κ3) is 4.50. The maximum atomic E-state index is 11.3. The standard InChI is InChI=1S/C12H17N3O3/c1-15(2)11(16)6-7-13-8-9-4-3-5-10(14-9)12(17)18/h3-5,13H,6-8H2,1-2H3,(H,17,18). The van der Waals surface area contributed by atoms with Crippen molar-refractivity contribution in [2.24, 2.45) is 0 Å². The predicted molar refractivity (Wildman–Crippen MR) is 66.2 cm³/mol. The van der Waals surface area contributed by atoms with Gasteiger partial charge in [0, 0.05) is 33.6 Å². The van der Waals surface area contributed by atoms with Crippen LogP contribution in [-0.4, -0.2) is 47.5 Å². The molecule has 0 aliphatic heterocycles. The Morgan fingerprint density at radius 2 is 2.11 bits per heavy atom. The summed E-state index contributed by atoms with van der Waals surface area (Å²) in [5.74, 6) is -0.991. The summed E-state index contributed by atoms with van der Waals surface area (Å²) in [6.07, 6.45) is 0.408. The molecule has 1 rings (SSSR count). The number of carboxylic acids is 1. The molecule has 1 amide bonds. The van der Waals surface area contributed by atoms with Crippen molar-refractivity contribution in [3.63, 3.8) is 0 Å². The van der Waals surface area contributed by atoms with Crippen molar-refractivity contribution in [2.45, 2.75) is 13.0 Å². The minimum atomic E-state index is -1.04. The maximum absolute atomic E-state index is 11.3. The van der Waals surface area contributed by atoms with Gasteiger partial charge < -0.3 is 15.3 Å². The van der Waals surface area contributed by atoms with Gasteiger partial charge in [0.25, 0.3) is 0 Å². The van der Waals surface area contributed by atoms with Crippen molar-refractivity contribution in [1.29, 1.82) is 0 Å². The Balaban J connectivity index is 2.38. The number of aromatic nitrogens is 1. The molecule has 18 heavy (non-hydrogen) atoms. The molecule has 98 valence electrons. The van der Waals surface area contributed by atoms with E-state index < -0.39 is 5.97 Å². The minimum Gasteiger partial charge on any atom is -0.477 e. The summed E-state index contributed by atoms with van der Waals surface area (Å²) in [5.41, 5.74) is 0.672. The monoisotopic (exact) mass is 251 g/mol. The molecule has 6 nitrogen and oxygen atoms in total. The second-order valence-corrected chi connectivity index (χ2v) is 4.03. The summed E-state index contributed by atoms with van der Waals surface area (Å²) in [5, 5.41) is 11.8. The highest BCUT2D eigenvalue weighted by atomic mass is 16.4. The molecule has 1 aromatic rings. The van der Waals surface area contributed by atoms with Gasteiger partial charge in [-0.3, -0.25) is 4.79 Å². The topological polar surface area (TPSA) is 82.5 Å². The zero-order valence-electron chi connectivity index (χ0n) is 10.5. The Morgan fingerprint density at radius 3 is 2.72 bits per heavy atom. The first-order chi connectivity index (χ1) is 8.50. The van der Waals surface area contributed by atoms with Gasteiger partial charge in [0.1, 0.15) is 5.69 Å². The number of amides is 1. The first-order valence-corrected chi connectivity index (χ1v) is 5.61. The highest BCUT2D eigenvalue weighted by Crippen LogP contribution is 1.99. The Bertz CT molecular complexity index is 432. The number of nitrogens with zero attached hydrogens (tertiary/aromatic N) is 2. The lowest BCUT2D eigenvalue weighted by molar-refractivity contribution is -0.128. The number of hydrogen-bond acceptors (Lipinski definition) is 4. The van der Waals surface area contributed by atoms with E-state index in [4.69, 9.17) is 5.11 Å². The average Bonchev–Trinajstić information content (AvgIpc) is 2.34. The summed E-state index contributed by atoms with van der Waals surface area (Å²) in [7, 11) is 3.42. The summed E-state index contributed by atoms with van der Waals surface area (Å²) >= 11 is 0. The summed E-state index contributed by atoms with van der Waals surface area (Å²) < 4.78 is 0. The fourth-order valence-corrected chi connectivity index (χ4v) is 1.33. The van der Waals surface area contributed by atoms with E-state index in [0.717, 1.165) is 0 Å². The molecule has 1 aromatic heterocycles. The smallest absolute Gasteiger partial charge is 0.354 e. The number of carbonyl (C=O) groups is 2. The van der Waals surface area contributed by atoms with Crippen LogP contribution in [-0.2, 0) is 11.3 Å². The van der Waals surface area contributed by atoms with Crippen LogP contribution in [0.5, 0.6) is 0 Å². The molecule has 0 atom stereocenters. The Hall–Kier alpha value is -1.95. The van der Waals surface area contributed by atoms with Crippen molar-refractivity contribution in [3.05, 3.63) is 29.6 Å². The number of hydrogen-bond donors (Lipinski definition) is 2. The molecule has 0 saturated carbocycles. The zero-order chi connectivity index (χ0) is 13.5. The van der Waals surface area contributed by atoms with Crippen molar-refractivity contribution in [1.82, 2.24) is 15.2 Å². The van der Waals surface area contributed by atoms with E-state index in [1.165, 1.54) is 11.0 Å². The Morgan fingerprint density at radius 1 is 1.39 bits per heavy atom. The largest absolute Gasteiger partial charge is 0.477 e. The van der Waals surface area contributed by atoms with Crippen molar-refractivity contribution in [2.75, 3.05) is 20.6 Å². The highest BCUT2D eigenvalue weighted by Gasteiger charge is 2.05. The summed E-state index contributed by atoms with van der Waals surface area (Å²) in [6, 6.07) is 4.84. The lowest BCUT2D eigenvalue weighted by atomic mass is 10.3. The van der Waals surface area contributed by atoms with Crippen LogP contribution in [0.2, 0.25) is 0 Å². The number of nitrogens with one attached hydrogen (secondary N) is 1. The van der Waals surface area contributed by atoms with E-state index in [-0.39, 0.29) is 11.6 Å². The summed E-state index contributed by atoms with van der Waals surface area (Å²) in [4.78, 5) is 27.5. The fourth-order valence-electron chi connectivity index (χ4n) is 1.33. The van der Waals surface area contributed by atoms with Crippen LogP contribution in [0.15, 0.2) is 18.2 Å². The van der Waals surface area contributed by atoms with Gasteiger partial charge in [0.2, 0.25) is 5.91 Å². The molecule has 0 unspecified atom stereocenters. The molecule has 0 aromatic carbocycles. The molecule has 0 aliphatic carbocycles. The predicted octanol–water partition coefficient (Wildman–Crippen LogP) is 0.348. The molecule has 0 aliphatic rings. The molecule has 0 saturated heterocycles. The third-order valence-corrected chi connectivity index (χ3v) is 2.35. The third-order valence-electron chi connectivity index (χ3n) is 2.35. The van der Waals surface area contributed by atoms with E-state index in [2.05, 4.69) is 10.3 Å². The average molecular weight is 251 g/mol. The van der Waals surface area contributed by atoms with E-state index >= 15 is 0 Å². The molecular formula is C12H17N3O3. The van der Waals surface area contributed by atoms with Crippen LogP contribution in [0.1, 0.15) is 22.6 Å². The van der Waals surface area contributed by atoms with E-state index in [9.17, 15) is 9.59 Å². The SMILES string of the molecule is CN(C)C(=O)CCNCc1cccc(C(=O)O)n1. The van der Waals surface area contributed by atoms with Crippen LogP contribution in [0.4, 0.5) is 0 Å². The molecule has 6 heteroatoms. The lowest BCUT2D eigenvalue weighted by Crippen LogP contribution is -2.26. The number of carbonyl (C=O) groups excluding carboxylic acids is 1. The zero-order valence-corrected chi connectivity index (χ0v) is 10.5. The van der Waals surface area contributed by atoms with Crippen molar-refractivity contribution < 1.29 is 14.7 Å². The number of aromatic carboxylic acids is 1. The van der Waals surface area contributed by atoms with E-state index in [1.807, 2.05) is 0 Å². The van der Waals surface area contributed by atoms with Gasteiger partial charge in [-0.1, -0.05) is 6.07 Å². The normalized spacial score (nSPS) is 10.1. The number of rotatable bonds is 6. The molecular weight excluding hydrogens is 234 g/mol. The second kappa shape index (κ2) is 6.70. The van der Waals surface area contributed by atoms with E-state index in [1.54, 1.807) is 26.2 Å². The molecule has 1 heterocycles. The second-order valence-electron chi connectivity index (χ2n) is 4.03. The van der Waals surface area contributed by atoms with Gasteiger partial charge in [-0.2, -0.15) is 0 Å². The number of carboxylic acid groups (broad SMARTS) is 1. The van der Waals surface area contributed by atoms with Crippen LogP contribution >= 0.6 is 0 Å². The van der Waals surface area contributed by atoms with Crippen LogP contribution in [0.25, 0.3) is 0 Å². The van der Waals surface area contributed by atoms with Gasteiger partial charge in [-0.15, -0.1) is 0 Å². The lowest BCUT2D eigenvalue weighted by Gasteiger charge is -2.10. The van der Waals surface area contributed by atoms with Crippen LogP contribution < -0.4 is 5.32 Å². The molecule has 0 radical (unpaired) electrons. The Labute approximate surface area is 106 Å². The van der Waals surface area contributed by atoms with Gasteiger partial charge in [-0.05, 0) is 12.1 Å². The summed E-state index contributed by atoms with van der Waals surface area (Å²) in [6.45, 7) is 0.984. The van der Waals surface area contributed by atoms with Gasteiger partial charge >= 0.3 is 5.97 Å². The molecule has 0 bridgehead atoms. The van der Waals surface area contributed by atoms with E-state index in [0.29, 0.717) is 25.2 Å². The number of pyridine rings is 1. The van der Waals surface area contributed by atoms with Crippen LogP contribution in [0, 0.1) is 0 Å². The minimum absolute atomic E-state index is 0.0265. The van der Waals surface area contributed by atoms with Crippen molar-refractivity contribution >= 4 is 11.9 Å². The van der Waals surface area contributed by atoms with Crippen molar-refractivity contribution in [3.8, 4) is 0 Å².